The zero-order valence-electron chi connectivity index (χ0n) is 5.76. The van der Waals surface area contributed by atoms with Crippen molar-refractivity contribution in [2.45, 2.75) is 6.92 Å². The van der Waals surface area contributed by atoms with Crippen LogP contribution in [0.5, 0.6) is 0 Å². The largest absolute Gasteiger partial charge is 0.373 e. The molecule has 0 saturated heterocycles. The molecule has 0 saturated carbocycles. The van der Waals surface area contributed by atoms with E-state index in [-0.39, 0.29) is 0 Å². The molecule has 0 rings (SSSR count). The highest BCUT2D eigenvalue weighted by molar-refractivity contribution is 4.81. The Morgan fingerprint density at radius 2 is 2.33 bits per heavy atom. The Morgan fingerprint density at radius 3 is 2.89 bits per heavy atom. The minimum Gasteiger partial charge on any atom is -0.373 e. The van der Waals surface area contributed by atoms with E-state index < -0.39 is 0 Å². The molecule has 0 aromatic heterocycles. The molecule has 0 aromatic rings. The van der Waals surface area contributed by atoms with Gasteiger partial charge in [0.1, 0.15) is 0 Å². The van der Waals surface area contributed by atoms with Crippen LogP contribution < -0.4 is 0 Å². The molecule has 0 bridgehead atoms. The van der Waals surface area contributed by atoms with Crippen LogP contribution in [0.2, 0.25) is 0 Å². The maximum Gasteiger partial charge on any atom is 0.0725 e. The highest BCUT2D eigenvalue weighted by Gasteiger charge is 1.72. The van der Waals surface area contributed by atoms with Gasteiger partial charge in [-0.05, 0) is 19.1 Å². The van der Waals surface area contributed by atoms with Crippen molar-refractivity contribution in [3.63, 3.8) is 0 Å². The van der Waals surface area contributed by atoms with E-state index >= 15 is 0 Å². The van der Waals surface area contributed by atoms with E-state index in [4.69, 9.17) is 4.74 Å². The second-order valence-corrected chi connectivity index (χ2v) is 1.49. The molecule has 0 aliphatic rings. The summed E-state index contributed by atoms with van der Waals surface area (Å²) >= 11 is 0. The number of ether oxygens (including phenoxy) is 1. The van der Waals surface area contributed by atoms with Crippen LogP contribution in [0.1, 0.15) is 6.92 Å². The topological polar surface area (TPSA) is 9.23 Å². The molecule has 1 nitrogen and oxygen atoms in total. The van der Waals surface area contributed by atoms with Crippen molar-refractivity contribution in [1.29, 1.82) is 0 Å². The highest BCUT2D eigenvalue weighted by Crippen LogP contribution is 1.75. The van der Waals surface area contributed by atoms with E-state index in [1.807, 2.05) is 19.1 Å². The molecule has 1 heteroatoms. The van der Waals surface area contributed by atoms with Crippen molar-refractivity contribution >= 4 is 0 Å². The molecule has 0 aromatic carbocycles. The Morgan fingerprint density at radius 1 is 1.56 bits per heavy atom. The zero-order valence-corrected chi connectivity index (χ0v) is 5.76. The van der Waals surface area contributed by atoms with Crippen LogP contribution in [0, 0.1) is 0 Å². The molecule has 0 heterocycles. The van der Waals surface area contributed by atoms with Crippen LogP contribution in [-0.2, 0) is 4.74 Å². The average molecular weight is 124 g/mol. The van der Waals surface area contributed by atoms with Gasteiger partial charge >= 0.3 is 0 Å². The highest BCUT2D eigenvalue weighted by atomic mass is 16.5. The second kappa shape index (κ2) is 7.22. The molecule has 0 fully saturated rings. The van der Waals surface area contributed by atoms with Crippen LogP contribution in [0.25, 0.3) is 0 Å². The van der Waals surface area contributed by atoms with Gasteiger partial charge in [0, 0.05) is 0 Å². The van der Waals surface area contributed by atoms with Gasteiger partial charge < -0.3 is 4.74 Å². The van der Waals surface area contributed by atoms with E-state index in [0.717, 1.165) is 0 Å². The Hall–Kier alpha value is -0.780. The molecule has 0 unspecified atom stereocenters. The molecule has 0 amide bonds. The predicted octanol–water partition coefficient (Wildman–Crippen LogP) is 1.92. The minimum absolute atomic E-state index is 0.613. The Kier molecular flexibility index (Phi) is 6.59. The second-order valence-electron chi connectivity index (χ2n) is 1.49. The van der Waals surface area contributed by atoms with E-state index in [1.165, 1.54) is 0 Å². The summed E-state index contributed by atoms with van der Waals surface area (Å²) in [6.45, 7) is 6.67. The fourth-order valence-corrected chi connectivity index (χ4v) is 0.376. The van der Waals surface area contributed by atoms with Crippen molar-refractivity contribution < 1.29 is 4.74 Å². The van der Waals surface area contributed by atoms with Gasteiger partial charge in [-0.2, -0.15) is 0 Å². The maximum atomic E-state index is 5.03. The number of hydrogen-bond acceptors (Lipinski definition) is 1. The van der Waals surface area contributed by atoms with Crippen molar-refractivity contribution in [3.8, 4) is 0 Å². The Labute approximate surface area is 56.3 Å². The van der Waals surface area contributed by atoms with Crippen LogP contribution in [0.15, 0.2) is 30.5 Å². The lowest BCUT2D eigenvalue weighted by Gasteiger charge is -1.90. The van der Waals surface area contributed by atoms with Crippen LogP contribution in [-0.4, -0.2) is 13.2 Å². The molecular formula is C8H12O. The summed E-state index contributed by atoms with van der Waals surface area (Å²) in [4.78, 5) is 0. The lowest BCUT2D eigenvalue weighted by Crippen LogP contribution is -1.88. The Balaban J connectivity index is 3.09. The summed E-state index contributed by atoms with van der Waals surface area (Å²) in [5.74, 6) is 0. The van der Waals surface area contributed by atoms with Gasteiger partial charge in [0.2, 0.25) is 0 Å². The van der Waals surface area contributed by atoms with Gasteiger partial charge in [-0.1, -0.05) is 6.08 Å². The van der Waals surface area contributed by atoms with Crippen molar-refractivity contribution in [2.24, 2.45) is 0 Å². The molecule has 0 aliphatic heterocycles. The average Bonchev–Trinajstić information content (AvgIpc) is 1.89. The van der Waals surface area contributed by atoms with Gasteiger partial charge in [0.15, 0.2) is 0 Å². The lowest BCUT2D eigenvalue weighted by molar-refractivity contribution is 0.194. The van der Waals surface area contributed by atoms with Gasteiger partial charge in [-0.3, -0.25) is 0 Å². The smallest absolute Gasteiger partial charge is 0.0725 e. The Bertz CT molecular complexity index is 119. The van der Waals surface area contributed by atoms with Gasteiger partial charge in [-0.15, -0.1) is 12.3 Å². The monoisotopic (exact) mass is 124 g/mol. The van der Waals surface area contributed by atoms with Crippen LogP contribution >= 0.6 is 0 Å². The molecule has 0 N–H and O–H groups in total. The normalized spacial score (nSPS) is 7.67. The van der Waals surface area contributed by atoms with Crippen LogP contribution in [0.3, 0.4) is 0 Å². The summed E-state index contributed by atoms with van der Waals surface area (Å²) in [5, 5.41) is 0. The first kappa shape index (κ1) is 8.22. The fourth-order valence-electron chi connectivity index (χ4n) is 0.376. The third-order valence-electron chi connectivity index (χ3n) is 0.721. The predicted molar refractivity (Wildman–Crippen MR) is 39.3 cm³/mol. The number of hydrogen-bond donors (Lipinski definition) is 0. The molecule has 0 spiro atoms. The van der Waals surface area contributed by atoms with Gasteiger partial charge in [-0.25, -0.2) is 0 Å². The summed E-state index contributed by atoms with van der Waals surface area (Å²) < 4.78 is 5.03. The zero-order chi connectivity index (χ0) is 6.95. The third-order valence-corrected chi connectivity index (χ3v) is 0.721. The van der Waals surface area contributed by atoms with Crippen molar-refractivity contribution in [1.82, 2.24) is 0 Å². The first-order valence-electron chi connectivity index (χ1n) is 2.96. The molecule has 0 aliphatic carbocycles. The molecule has 9 heavy (non-hydrogen) atoms. The summed E-state index contributed by atoms with van der Waals surface area (Å²) in [6, 6.07) is 0. The minimum atomic E-state index is 0.613. The first-order chi connectivity index (χ1) is 4.41. The molecule has 50 valence electrons. The summed E-state index contributed by atoms with van der Waals surface area (Å²) in [6.07, 6.45) is 5.41. The van der Waals surface area contributed by atoms with Crippen molar-refractivity contribution in [3.05, 3.63) is 30.5 Å². The quantitative estimate of drug-likeness (QED) is 0.316. The van der Waals surface area contributed by atoms with Crippen molar-refractivity contribution in [2.75, 3.05) is 13.2 Å². The summed E-state index contributed by atoms with van der Waals surface area (Å²) in [5.41, 5.74) is 2.90. The van der Waals surface area contributed by atoms with E-state index in [0.29, 0.717) is 13.2 Å². The summed E-state index contributed by atoms with van der Waals surface area (Å²) in [7, 11) is 0. The fraction of sp³-hybridized carbons (Fsp3) is 0.375. The van der Waals surface area contributed by atoms with E-state index in [1.54, 1.807) is 6.08 Å². The SMILES string of the molecule is C=CCOCC=C=CC. The number of rotatable bonds is 4. The van der Waals surface area contributed by atoms with Gasteiger partial charge in [0.25, 0.3) is 0 Å². The standard InChI is InChI=1S/C8H12O/c1-3-5-6-8-9-7-4-2/h3-4,6H,2,7-8H2,1H3. The van der Waals surface area contributed by atoms with E-state index in [2.05, 4.69) is 12.3 Å². The van der Waals surface area contributed by atoms with Crippen LogP contribution in [0.4, 0.5) is 0 Å². The van der Waals surface area contributed by atoms with Gasteiger partial charge in [0.05, 0.1) is 13.2 Å². The molecule has 0 radical (unpaired) electrons. The molecule has 0 atom stereocenters. The lowest BCUT2D eigenvalue weighted by atomic mass is 10.6. The molecular weight excluding hydrogens is 112 g/mol. The van der Waals surface area contributed by atoms with E-state index in [9.17, 15) is 0 Å². The third kappa shape index (κ3) is 7.22. The first-order valence-corrected chi connectivity index (χ1v) is 2.96. The maximum absolute atomic E-state index is 5.03.